The molecule has 0 fully saturated rings. The van der Waals surface area contributed by atoms with Crippen molar-refractivity contribution in [1.82, 2.24) is 9.78 Å². The van der Waals surface area contributed by atoms with Crippen LogP contribution in [0.5, 0.6) is 11.5 Å². The van der Waals surface area contributed by atoms with Crippen LogP contribution in [-0.4, -0.2) is 14.9 Å². The smallest absolute Gasteiger partial charge is 0.200 e. The summed E-state index contributed by atoms with van der Waals surface area (Å²) in [4.78, 5) is 12.9. The molecule has 31 heavy (non-hydrogen) atoms. The molecule has 0 aliphatic rings. The summed E-state index contributed by atoms with van der Waals surface area (Å²) >= 11 is 0. The monoisotopic (exact) mass is 410 g/mol. The van der Waals surface area contributed by atoms with Crippen LogP contribution >= 0.6 is 0 Å². The third-order valence-corrected chi connectivity index (χ3v) is 4.99. The summed E-state index contributed by atoms with van der Waals surface area (Å²) in [5, 5.41) is 14.3. The largest absolute Gasteiger partial charge is 0.508 e. The highest BCUT2D eigenvalue weighted by Crippen LogP contribution is 2.24. The molecule has 0 saturated carbocycles. The molecule has 0 aliphatic heterocycles. The molecule has 5 aromatic rings. The highest BCUT2D eigenvalue weighted by Gasteiger charge is 2.11. The Kier molecular flexibility index (Phi) is 4.72. The van der Waals surface area contributed by atoms with Crippen molar-refractivity contribution in [3.8, 4) is 28.3 Å². The maximum Gasteiger partial charge on any atom is 0.200 e. The molecule has 6 heteroatoms. The van der Waals surface area contributed by atoms with Gasteiger partial charge in [-0.3, -0.25) is 4.79 Å². The molecule has 0 bridgehead atoms. The van der Waals surface area contributed by atoms with Crippen LogP contribution in [0.15, 0.2) is 101 Å². The molecule has 6 nitrogen and oxygen atoms in total. The Labute approximate surface area is 177 Å². The van der Waals surface area contributed by atoms with E-state index < -0.39 is 0 Å². The van der Waals surface area contributed by atoms with Crippen LogP contribution in [0.25, 0.3) is 27.8 Å². The summed E-state index contributed by atoms with van der Waals surface area (Å²) in [6.45, 7) is 0.341. The Bertz CT molecular complexity index is 1400. The minimum atomic E-state index is -0.136. The van der Waals surface area contributed by atoms with E-state index in [0.29, 0.717) is 34.5 Å². The van der Waals surface area contributed by atoms with E-state index in [1.807, 2.05) is 36.5 Å². The van der Waals surface area contributed by atoms with E-state index >= 15 is 0 Å². The van der Waals surface area contributed by atoms with Crippen LogP contribution in [0.2, 0.25) is 0 Å². The Morgan fingerprint density at radius 3 is 2.61 bits per heavy atom. The molecule has 0 aliphatic carbocycles. The molecule has 2 aromatic heterocycles. The topological polar surface area (TPSA) is 77.5 Å². The Morgan fingerprint density at radius 2 is 1.81 bits per heavy atom. The predicted octanol–water partition coefficient (Wildman–Crippen LogP) is 4.93. The van der Waals surface area contributed by atoms with E-state index in [4.69, 9.17) is 9.15 Å². The van der Waals surface area contributed by atoms with Crippen molar-refractivity contribution in [3.63, 3.8) is 0 Å². The lowest BCUT2D eigenvalue weighted by Gasteiger charge is -2.07. The lowest BCUT2D eigenvalue weighted by molar-refractivity contribution is 0.306. The quantitative estimate of drug-likeness (QED) is 0.445. The molecular weight excluding hydrogens is 392 g/mol. The third kappa shape index (κ3) is 3.79. The van der Waals surface area contributed by atoms with Crippen LogP contribution in [0.3, 0.4) is 0 Å². The van der Waals surface area contributed by atoms with Crippen molar-refractivity contribution < 1.29 is 14.3 Å². The third-order valence-electron chi connectivity index (χ3n) is 4.99. The Morgan fingerprint density at radius 1 is 1.00 bits per heavy atom. The van der Waals surface area contributed by atoms with Crippen molar-refractivity contribution in [1.29, 1.82) is 0 Å². The molecule has 152 valence electrons. The van der Waals surface area contributed by atoms with Gasteiger partial charge in [0.25, 0.3) is 0 Å². The number of aromatic hydroxyl groups is 1. The van der Waals surface area contributed by atoms with Crippen molar-refractivity contribution in [2.75, 3.05) is 0 Å². The second-order valence-electron chi connectivity index (χ2n) is 7.10. The lowest BCUT2D eigenvalue weighted by atomic mass is 10.1. The Balaban J connectivity index is 1.36. The van der Waals surface area contributed by atoms with E-state index in [0.717, 1.165) is 11.3 Å². The van der Waals surface area contributed by atoms with E-state index in [2.05, 4.69) is 5.10 Å². The molecule has 5 rings (SSSR count). The predicted molar refractivity (Wildman–Crippen MR) is 117 cm³/mol. The molecule has 3 aromatic carbocycles. The maximum atomic E-state index is 12.9. The number of hydrogen-bond acceptors (Lipinski definition) is 5. The molecule has 0 spiro atoms. The van der Waals surface area contributed by atoms with Gasteiger partial charge in [0.05, 0.1) is 22.8 Å². The normalized spacial score (nSPS) is 11.0. The van der Waals surface area contributed by atoms with E-state index in [1.54, 1.807) is 41.2 Å². The molecular formula is C25H18N2O4. The zero-order valence-electron chi connectivity index (χ0n) is 16.4. The number of ether oxygens (including phenoxy) is 1. The molecule has 1 N–H and O–H groups in total. The average molecular weight is 410 g/mol. The minimum absolute atomic E-state index is 0.136. The molecule has 0 amide bonds. The van der Waals surface area contributed by atoms with E-state index in [9.17, 15) is 9.90 Å². The SMILES string of the molecule is O=c1c(-c2ccc(O)cc2)coc2cc(OCc3cnn(-c4ccccc4)c3)ccc12. The first-order valence-corrected chi connectivity index (χ1v) is 9.74. The first-order valence-electron chi connectivity index (χ1n) is 9.74. The van der Waals surface area contributed by atoms with Crippen LogP contribution in [0.4, 0.5) is 0 Å². The molecule has 0 saturated heterocycles. The zero-order valence-corrected chi connectivity index (χ0v) is 16.4. The van der Waals surface area contributed by atoms with Crippen molar-refractivity contribution in [2.24, 2.45) is 0 Å². The number of hydrogen-bond donors (Lipinski definition) is 1. The average Bonchev–Trinajstić information content (AvgIpc) is 3.28. The summed E-state index contributed by atoms with van der Waals surface area (Å²) in [7, 11) is 0. The van der Waals surface area contributed by atoms with Gasteiger partial charge < -0.3 is 14.3 Å². The minimum Gasteiger partial charge on any atom is -0.508 e. The molecule has 0 atom stereocenters. The van der Waals surface area contributed by atoms with Crippen molar-refractivity contribution in [2.45, 2.75) is 6.61 Å². The Hall–Kier alpha value is -4.32. The van der Waals surface area contributed by atoms with Gasteiger partial charge in [0.1, 0.15) is 30.0 Å². The molecule has 0 unspecified atom stereocenters. The van der Waals surface area contributed by atoms with Crippen LogP contribution < -0.4 is 10.2 Å². The first-order chi connectivity index (χ1) is 15.2. The highest BCUT2D eigenvalue weighted by molar-refractivity contribution is 5.82. The summed E-state index contributed by atoms with van der Waals surface area (Å²) in [6, 6.07) is 21.4. The van der Waals surface area contributed by atoms with Crippen molar-refractivity contribution in [3.05, 3.63) is 107 Å². The lowest BCUT2D eigenvalue weighted by Crippen LogP contribution is -2.05. The second-order valence-corrected chi connectivity index (χ2v) is 7.10. The fraction of sp³-hybridized carbons (Fsp3) is 0.0400. The van der Waals surface area contributed by atoms with Gasteiger partial charge in [-0.25, -0.2) is 4.68 Å². The number of phenolic OH excluding ortho intramolecular Hbond substituents is 1. The van der Waals surface area contributed by atoms with Gasteiger partial charge in [0.15, 0.2) is 5.43 Å². The number of nitrogens with zero attached hydrogens (tertiary/aromatic N) is 2. The van der Waals surface area contributed by atoms with Crippen LogP contribution in [0, 0.1) is 0 Å². The zero-order chi connectivity index (χ0) is 21.2. The van der Waals surface area contributed by atoms with Gasteiger partial charge in [-0.1, -0.05) is 30.3 Å². The van der Waals surface area contributed by atoms with Crippen molar-refractivity contribution >= 4 is 11.0 Å². The summed E-state index contributed by atoms with van der Waals surface area (Å²) in [5.41, 5.74) is 3.34. The van der Waals surface area contributed by atoms with E-state index in [1.165, 1.54) is 18.4 Å². The first kappa shape index (κ1) is 18.7. The summed E-state index contributed by atoms with van der Waals surface area (Å²) in [5.74, 6) is 0.741. The van der Waals surface area contributed by atoms with Gasteiger partial charge in [-0.05, 0) is 42.0 Å². The van der Waals surface area contributed by atoms with Gasteiger partial charge in [-0.15, -0.1) is 0 Å². The number of benzene rings is 3. The fourth-order valence-corrected chi connectivity index (χ4v) is 3.36. The number of para-hydroxylation sites is 1. The summed E-state index contributed by atoms with van der Waals surface area (Å²) in [6.07, 6.45) is 5.11. The fourth-order valence-electron chi connectivity index (χ4n) is 3.36. The second kappa shape index (κ2) is 7.84. The number of fused-ring (bicyclic) bond motifs is 1. The number of phenols is 1. The number of aromatic nitrogens is 2. The number of rotatable bonds is 5. The molecule has 0 radical (unpaired) electrons. The highest BCUT2D eigenvalue weighted by atomic mass is 16.5. The summed E-state index contributed by atoms with van der Waals surface area (Å²) < 4.78 is 13.4. The van der Waals surface area contributed by atoms with Gasteiger partial charge in [-0.2, -0.15) is 5.10 Å². The maximum absolute atomic E-state index is 12.9. The van der Waals surface area contributed by atoms with E-state index in [-0.39, 0.29) is 11.2 Å². The van der Waals surface area contributed by atoms with Crippen LogP contribution in [-0.2, 0) is 6.61 Å². The van der Waals surface area contributed by atoms with Gasteiger partial charge in [0.2, 0.25) is 0 Å². The van der Waals surface area contributed by atoms with Gasteiger partial charge in [0, 0.05) is 17.8 Å². The standard InChI is InChI=1S/C25H18N2O4/c28-20-8-6-18(7-9-20)23-16-31-24-12-21(10-11-22(24)25(23)29)30-15-17-13-26-27(14-17)19-4-2-1-3-5-19/h1-14,16,28H,15H2. The van der Waals surface area contributed by atoms with Crippen LogP contribution in [0.1, 0.15) is 5.56 Å². The van der Waals surface area contributed by atoms with Gasteiger partial charge >= 0.3 is 0 Å². The molecule has 2 heterocycles.